The number of nitrogens with zero attached hydrogens (tertiary/aromatic N) is 2. The van der Waals surface area contributed by atoms with E-state index in [0.29, 0.717) is 19.5 Å². The third-order valence-electron chi connectivity index (χ3n) is 2.59. The van der Waals surface area contributed by atoms with Crippen LogP contribution in [-0.4, -0.2) is 40.4 Å². The number of hydrogen-bond donors (Lipinski definition) is 2. The van der Waals surface area contributed by atoms with Gasteiger partial charge in [0.2, 0.25) is 0 Å². The smallest absolute Gasteiger partial charge is 0.407 e. The van der Waals surface area contributed by atoms with Gasteiger partial charge in [0, 0.05) is 13.1 Å². The molecule has 14 heavy (non-hydrogen) atoms. The fourth-order valence-corrected chi connectivity index (χ4v) is 1.73. The van der Waals surface area contributed by atoms with Gasteiger partial charge in [0.15, 0.2) is 0 Å². The number of carboxylic acid groups (broad SMARTS) is 1. The summed E-state index contributed by atoms with van der Waals surface area (Å²) in [6.07, 6.45) is 0.153. The number of amides is 1. The van der Waals surface area contributed by atoms with Gasteiger partial charge in [0.05, 0.1) is 6.07 Å². The summed E-state index contributed by atoms with van der Waals surface area (Å²) >= 11 is 0. The second-order valence-electron chi connectivity index (χ2n) is 3.59. The van der Waals surface area contributed by atoms with Crippen molar-refractivity contribution in [3.63, 3.8) is 0 Å². The van der Waals surface area contributed by atoms with Crippen LogP contribution in [-0.2, 0) is 0 Å². The Morgan fingerprint density at radius 1 is 1.57 bits per heavy atom. The zero-order valence-electron chi connectivity index (χ0n) is 7.89. The molecule has 1 rings (SSSR count). The van der Waals surface area contributed by atoms with Gasteiger partial charge < -0.3 is 15.1 Å². The average Bonchev–Trinajstić information content (AvgIpc) is 2.18. The zero-order chi connectivity index (χ0) is 10.6. The molecule has 0 radical (unpaired) electrons. The topological polar surface area (TPSA) is 84.6 Å². The van der Waals surface area contributed by atoms with Gasteiger partial charge in [-0.3, -0.25) is 0 Å². The predicted octanol–water partition coefficient (Wildman–Crippen LogP) is 0.651. The first-order valence-corrected chi connectivity index (χ1v) is 4.69. The minimum atomic E-state index is -0.906. The third-order valence-corrected chi connectivity index (χ3v) is 2.59. The van der Waals surface area contributed by atoms with Crippen LogP contribution in [0.4, 0.5) is 4.79 Å². The Bertz CT molecular complexity index is 241. The molecule has 0 aliphatic carbocycles. The minimum Gasteiger partial charge on any atom is -0.465 e. The summed E-state index contributed by atoms with van der Waals surface area (Å²) in [7, 11) is 0. The van der Waals surface area contributed by atoms with Crippen molar-refractivity contribution >= 4 is 6.09 Å². The fraction of sp³-hybridized carbons (Fsp3) is 0.778. The lowest BCUT2D eigenvalue weighted by Crippen LogP contribution is -2.38. The fourth-order valence-electron chi connectivity index (χ4n) is 1.73. The maximum absolute atomic E-state index is 10.6. The van der Waals surface area contributed by atoms with Crippen molar-refractivity contribution in [2.24, 2.45) is 5.92 Å². The van der Waals surface area contributed by atoms with Crippen molar-refractivity contribution < 1.29 is 15.0 Å². The Morgan fingerprint density at radius 3 is 2.57 bits per heavy atom. The van der Waals surface area contributed by atoms with E-state index < -0.39 is 12.2 Å². The van der Waals surface area contributed by atoms with Gasteiger partial charge in [0.1, 0.15) is 6.10 Å². The quantitative estimate of drug-likeness (QED) is 0.638. The highest BCUT2D eigenvalue weighted by atomic mass is 16.4. The van der Waals surface area contributed by atoms with Gasteiger partial charge >= 0.3 is 6.09 Å². The Kier molecular flexibility index (Phi) is 3.72. The molecule has 0 aromatic rings. The van der Waals surface area contributed by atoms with E-state index in [9.17, 15) is 4.79 Å². The maximum Gasteiger partial charge on any atom is 0.407 e. The van der Waals surface area contributed by atoms with Crippen LogP contribution in [0.5, 0.6) is 0 Å². The first-order chi connectivity index (χ1) is 6.63. The molecular formula is C9H14N2O3. The van der Waals surface area contributed by atoms with Crippen LogP contribution >= 0.6 is 0 Å². The van der Waals surface area contributed by atoms with Crippen molar-refractivity contribution in [2.45, 2.75) is 25.4 Å². The SMILES string of the molecule is N#CC(O)CC1CCN(C(=O)O)CC1. The number of aliphatic hydroxyl groups is 1. The number of aliphatic hydroxyl groups excluding tert-OH is 1. The molecule has 1 heterocycles. The van der Waals surface area contributed by atoms with E-state index >= 15 is 0 Å². The molecule has 5 nitrogen and oxygen atoms in total. The van der Waals surface area contributed by atoms with Gasteiger partial charge in [-0.2, -0.15) is 5.26 Å². The van der Waals surface area contributed by atoms with Crippen molar-refractivity contribution in [3.8, 4) is 6.07 Å². The van der Waals surface area contributed by atoms with E-state index in [4.69, 9.17) is 15.5 Å². The molecule has 2 N–H and O–H groups in total. The van der Waals surface area contributed by atoms with Crippen LogP contribution in [0.1, 0.15) is 19.3 Å². The van der Waals surface area contributed by atoms with Gasteiger partial charge in [-0.05, 0) is 25.2 Å². The molecular weight excluding hydrogens is 184 g/mol. The highest BCUT2D eigenvalue weighted by molar-refractivity contribution is 5.64. The highest BCUT2D eigenvalue weighted by Gasteiger charge is 2.23. The summed E-state index contributed by atoms with van der Waals surface area (Å²) in [5.41, 5.74) is 0. The molecule has 5 heteroatoms. The van der Waals surface area contributed by atoms with E-state index in [1.54, 1.807) is 6.07 Å². The molecule has 1 fully saturated rings. The van der Waals surface area contributed by atoms with Gasteiger partial charge in [0.25, 0.3) is 0 Å². The molecule has 0 spiro atoms. The van der Waals surface area contributed by atoms with Gasteiger partial charge in [-0.25, -0.2) is 4.79 Å². The van der Waals surface area contributed by atoms with Crippen LogP contribution < -0.4 is 0 Å². The third kappa shape index (κ3) is 2.89. The number of piperidine rings is 1. The summed E-state index contributed by atoms with van der Waals surface area (Å²) in [6.45, 7) is 1.02. The molecule has 0 aromatic carbocycles. The number of nitriles is 1. The lowest BCUT2D eigenvalue weighted by molar-refractivity contribution is 0.112. The lowest BCUT2D eigenvalue weighted by atomic mass is 9.91. The molecule has 0 aromatic heterocycles. The highest BCUT2D eigenvalue weighted by Crippen LogP contribution is 2.21. The molecule has 78 valence electrons. The van der Waals surface area contributed by atoms with Crippen molar-refractivity contribution in [1.82, 2.24) is 4.90 Å². The Labute approximate surface area is 82.6 Å². The Balaban J connectivity index is 2.29. The maximum atomic E-state index is 10.6. The molecule has 1 aliphatic rings. The second kappa shape index (κ2) is 4.82. The van der Waals surface area contributed by atoms with E-state index in [1.807, 2.05) is 0 Å². The number of rotatable bonds is 2. The summed E-state index contributed by atoms with van der Waals surface area (Å²) in [5.74, 6) is 0.278. The first-order valence-electron chi connectivity index (χ1n) is 4.69. The van der Waals surface area contributed by atoms with Crippen LogP contribution in [0.25, 0.3) is 0 Å². The number of likely N-dealkylation sites (tertiary alicyclic amines) is 1. The van der Waals surface area contributed by atoms with E-state index in [-0.39, 0.29) is 5.92 Å². The van der Waals surface area contributed by atoms with Crippen LogP contribution in [0.2, 0.25) is 0 Å². The van der Waals surface area contributed by atoms with Crippen LogP contribution in [0.15, 0.2) is 0 Å². The second-order valence-corrected chi connectivity index (χ2v) is 3.59. The number of carbonyl (C=O) groups is 1. The molecule has 0 saturated carbocycles. The van der Waals surface area contributed by atoms with Crippen molar-refractivity contribution in [3.05, 3.63) is 0 Å². The zero-order valence-corrected chi connectivity index (χ0v) is 7.89. The van der Waals surface area contributed by atoms with Crippen molar-refractivity contribution in [2.75, 3.05) is 13.1 Å². The molecule has 1 atom stereocenters. The molecule has 1 amide bonds. The summed E-state index contributed by atoms with van der Waals surface area (Å²) < 4.78 is 0. The van der Waals surface area contributed by atoms with Crippen LogP contribution in [0.3, 0.4) is 0 Å². The standard InChI is InChI=1S/C9H14N2O3/c10-6-8(12)5-7-1-3-11(4-2-7)9(13)14/h7-8,12H,1-5H2,(H,13,14). The average molecular weight is 198 g/mol. The van der Waals surface area contributed by atoms with E-state index in [2.05, 4.69) is 0 Å². The van der Waals surface area contributed by atoms with Crippen molar-refractivity contribution in [1.29, 1.82) is 5.26 Å². The molecule has 1 aliphatic heterocycles. The Morgan fingerprint density at radius 2 is 2.14 bits per heavy atom. The monoisotopic (exact) mass is 198 g/mol. The lowest BCUT2D eigenvalue weighted by Gasteiger charge is -2.30. The Hall–Kier alpha value is -1.28. The minimum absolute atomic E-state index is 0.278. The molecule has 1 saturated heterocycles. The summed E-state index contributed by atoms with van der Waals surface area (Å²) in [5, 5.41) is 26.2. The van der Waals surface area contributed by atoms with E-state index in [0.717, 1.165) is 12.8 Å². The summed E-state index contributed by atoms with van der Waals surface area (Å²) in [4.78, 5) is 11.9. The van der Waals surface area contributed by atoms with Gasteiger partial charge in [-0.15, -0.1) is 0 Å². The normalized spacial score (nSPS) is 20.1. The largest absolute Gasteiger partial charge is 0.465 e. The first kappa shape index (κ1) is 10.8. The summed E-state index contributed by atoms with van der Waals surface area (Å²) in [6, 6.07) is 1.77. The van der Waals surface area contributed by atoms with E-state index in [1.165, 1.54) is 4.90 Å². The molecule has 1 unspecified atom stereocenters. The predicted molar refractivity (Wildman–Crippen MR) is 48.6 cm³/mol. The van der Waals surface area contributed by atoms with Gasteiger partial charge in [-0.1, -0.05) is 0 Å². The molecule has 0 bridgehead atoms. The van der Waals surface area contributed by atoms with Crippen LogP contribution in [0, 0.1) is 17.2 Å². The number of hydrogen-bond acceptors (Lipinski definition) is 3.